The van der Waals surface area contributed by atoms with Crippen LogP contribution in [0.15, 0.2) is 23.3 Å². The van der Waals surface area contributed by atoms with E-state index in [2.05, 4.69) is 17.1 Å². The Morgan fingerprint density at radius 3 is 2.68 bits per heavy atom. The van der Waals surface area contributed by atoms with Gasteiger partial charge < -0.3 is 4.90 Å². The third-order valence-corrected chi connectivity index (χ3v) is 7.13. The first kappa shape index (κ1) is 15.0. The molecule has 0 N–H and O–H groups in total. The van der Waals surface area contributed by atoms with Gasteiger partial charge in [-0.25, -0.2) is 0 Å². The lowest BCUT2D eigenvalue weighted by molar-refractivity contribution is 0.130. The van der Waals surface area contributed by atoms with Gasteiger partial charge in [0.15, 0.2) is 0 Å². The predicted molar refractivity (Wildman–Crippen MR) is 93.9 cm³/mol. The summed E-state index contributed by atoms with van der Waals surface area (Å²) in [5.74, 6) is 1.08. The molecule has 1 heterocycles. The van der Waals surface area contributed by atoms with Gasteiger partial charge in [0, 0.05) is 0 Å². The molecule has 0 bridgehead atoms. The fourth-order valence-corrected chi connectivity index (χ4v) is 5.67. The molecule has 1 heteroatoms. The third-order valence-electron chi connectivity index (χ3n) is 7.13. The zero-order valence-electron chi connectivity index (χ0n) is 14.3. The summed E-state index contributed by atoms with van der Waals surface area (Å²) in [6.07, 6.45) is 22.3. The van der Waals surface area contributed by atoms with Crippen LogP contribution in [-0.2, 0) is 0 Å². The fourth-order valence-electron chi connectivity index (χ4n) is 5.67. The number of fused-ring (bicyclic) bond motifs is 1. The summed E-state index contributed by atoms with van der Waals surface area (Å²) in [4.78, 5) is 2.77. The average molecular weight is 300 g/mol. The van der Waals surface area contributed by atoms with Gasteiger partial charge in [0.1, 0.15) is 0 Å². The monoisotopic (exact) mass is 299 g/mol. The summed E-state index contributed by atoms with van der Waals surface area (Å²) in [7, 11) is 0. The highest BCUT2D eigenvalue weighted by Gasteiger charge is 2.41. The van der Waals surface area contributed by atoms with Crippen molar-refractivity contribution in [2.75, 3.05) is 19.6 Å². The molecule has 1 saturated carbocycles. The Balaban J connectivity index is 1.26. The summed E-state index contributed by atoms with van der Waals surface area (Å²) >= 11 is 0. The van der Waals surface area contributed by atoms with Gasteiger partial charge in [0.25, 0.3) is 0 Å². The van der Waals surface area contributed by atoms with Crippen LogP contribution >= 0.6 is 0 Å². The molecule has 0 aromatic carbocycles. The van der Waals surface area contributed by atoms with Gasteiger partial charge in [-0.1, -0.05) is 43.4 Å². The summed E-state index contributed by atoms with van der Waals surface area (Å²) < 4.78 is 0. The van der Waals surface area contributed by atoms with Crippen molar-refractivity contribution < 1.29 is 0 Å². The molecule has 2 fully saturated rings. The molecule has 0 aromatic rings. The van der Waals surface area contributed by atoms with Gasteiger partial charge in [-0.3, -0.25) is 0 Å². The maximum absolute atomic E-state index is 2.77. The summed E-state index contributed by atoms with van der Waals surface area (Å²) in [6, 6.07) is 0. The smallest absolute Gasteiger partial charge is 0.00102 e. The first-order valence-electron chi connectivity index (χ1n) is 9.97. The van der Waals surface area contributed by atoms with E-state index in [1.165, 1.54) is 96.7 Å². The molecule has 3 aliphatic carbocycles. The molecule has 1 nitrogen and oxygen atoms in total. The van der Waals surface area contributed by atoms with Crippen molar-refractivity contribution in [1.29, 1.82) is 0 Å². The van der Waals surface area contributed by atoms with Crippen LogP contribution < -0.4 is 0 Å². The molecule has 1 spiro atoms. The lowest BCUT2D eigenvalue weighted by atomic mass is 9.72. The second-order valence-corrected chi connectivity index (χ2v) is 8.37. The van der Waals surface area contributed by atoms with Crippen molar-refractivity contribution in [2.24, 2.45) is 11.3 Å². The minimum atomic E-state index is 0.591. The van der Waals surface area contributed by atoms with E-state index in [0.717, 1.165) is 5.92 Å². The first-order valence-corrected chi connectivity index (χ1v) is 9.97. The van der Waals surface area contributed by atoms with Crippen LogP contribution in [0.3, 0.4) is 0 Å². The minimum Gasteiger partial charge on any atom is -0.303 e. The highest BCUT2D eigenvalue weighted by Crippen LogP contribution is 2.52. The maximum atomic E-state index is 2.77. The zero-order chi connectivity index (χ0) is 14.8. The molecule has 0 amide bonds. The quantitative estimate of drug-likeness (QED) is 0.664. The van der Waals surface area contributed by atoms with Crippen LogP contribution in [0, 0.1) is 11.3 Å². The van der Waals surface area contributed by atoms with E-state index in [4.69, 9.17) is 0 Å². The average Bonchev–Trinajstić information content (AvgIpc) is 3.19. The molecule has 0 atom stereocenters. The van der Waals surface area contributed by atoms with Crippen molar-refractivity contribution in [3.8, 4) is 0 Å². The van der Waals surface area contributed by atoms with Gasteiger partial charge in [0.05, 0.1) is 0 Å². The van der Waals surface area contributed by atoms with Crippen LogP contribution in [-0.4, -0.2) is 24.5 Å². The van der Waals surface area contributed by atoms with E-state index in [-0.39, 0.29) is 0 Å². The second kappa shape index (κ2) is 6.51. The summed E-state index contributed by atoms with van der Waals surface area (Å²) in [5, 5.41) is 0. The topological polar surface area (TPSA) is 3.24 Å². The summed E-state index contributed by atoms with van der Waals surface area (Å²) in [5.41, 5.74) is 4.19. The number of likely N-dealkylation sites (tertiary alicyclic amines) is 1. The van der Waals surface area contributed by atoms with Crippen molar-refractivity contribution in [2.45, 2.75) is 77.0 Å². The SMILES string of the molecule is C1=CC2=C(CC1)CCC21CCN(CCCC2CCCC2)CC1. The number of rotatable bonds is 4. The van der Waals surface area contributed by atoms with Crippen molar-refractivity contribution in [1.82, 2.24) is 4.90 Å². The number of piperidine rings is 1. The molecule has 22 heavy (non-hydrogen) atoms. The largest absolute Gasteiger partial charge is 0.303 e. The Kier molecular flexibility index (Phi) is 4.44. The van der Waals surface area contributed by atoms with E-state index in [0.29, 0.717) is 5.41 Å². The van der Waals surface area contributed by atoms with Gasteiger partial charge >= 0.3 is 0 Å². The predicted octanol–water partition coefficient (Wildman–Crippen LogP) is 5.48. The molecule has 0 aromatic heterocycles. The standard InChI is InChI=1S/C21H33N/c1-2-7-18(6-1)8-5-15-22-16-13-21(14-17-22)12-11-19-9-3-4-10-20(19)21/h4,10,18H,1-3,5-9,11-17H2. The number of hydrogen-bond donors (Lipinski definition) is 0. The molecule has 1 saturated heterocycles. The van der Waals surface area contributed by atoms with Gasteiger partial charge in [-0.05, 0) is 87.9 Å². The molecular weight excluding hydrogens is 266 g/mol. The van der Waals surface area contributed by atoms with Crippen molar-refractivity contribution in [3.05, 3.63) is 23.3 Å². The second-order valence-electron chi connectivity index (χ2n) is 8.37. The van der Waals surface area contributed by atoms with Crippen LogP contribution in [0.1, 0.15) is 77.0 Å². The van der Waals surface area contributed by atoms with Gasteiger partial charge in [0.2, 0.25) is 0 Å². The van der Waals surface area contributed by atoms with Crippen molar-refractivity contribution in [3.63, 3.8) is 0 Å². The van der Waals surface area contributed by atoms with E-state index in [9.17, 15) is 0 Å². The van der Waals surface area contributed by atoms with Gasteiger partial charge in [-0.2, -0.15) is 0 Å². The van der Waals surface area contributed by atoms with Gasteiger partial charge in [-0.15, -0.1) is 0 Å². The Labute approximate surface area is 136 Å². The van der Waals surface area contributed by atoms with Crippen LogP contribution in [0.2, 0.25) is 0 Å². The third kappa shape index (κ3) is 2.94. The normalized spacial score (nSPS) is 28.7. The minimum absolute atomic E-state index is 0.591. The lowest BCUT2D eigenvalue weighted by Gasteiger charge is -2.41. The molecule has 0 radical (unpaired) electrons. The van der Waals surface area contributed by atoms with E-state index in [1.54, 1.807) is 5.57 Å². The molecule has 0 unspecified atom stereocenters. The molecule has 4 aliphatic rings. The number of nitrogens with zero attached hydrogens (tertiary/aromatic N) is 1. The summed E-state index contributed by atoms with van der Waals surface area (Å²) in [6.45, 7) is 4.08. The van der Waals surface area contributed by atoms with Crippen molar-refractivity contribution >= 4 is 0 Å². The fraction of sp³-hybridized carbons (Fsp3) is 0.810. The highest BCUT2D eigenvalue weighted by atomic mass is 15.1. The maximum Gasteiger partial charge on any atom is -0.00102 e. The van der Waals surface area contributed by atoms with E-state index < -0.39 is 0 Å². The van der Waals surface area contributed by atoms with Crippen LogP contribution in [0.25, 0.3) is 0 Å². The Bertz CT molecular complexity index is 445. The lowest BCUT2D eigenvalue weighted by Crippen LogP contribution is -2.40. The Morgan fingerprint density at radius 2 is 1.86 bits per heavy atom. The molecular formula is C21H33N. The molecule has 122 valence electrons. The Morgan fingerprint density at radius 1 is 1.05 bits per heavy atom. The number of hydrogen-bond acceptors (Lipinski definition) is 1. The zero-order valence-corrected chi connectivity index (χ0v) is 14.3. The highest BCUT2D eigenvalue weighted by molar-refractivity contribution is 5.40. The van der Waals surface area contributed by atoms with E-state index in [1.807, 2.05) is 5.57 Å². The Hall–Kier alpha value is -0.560. The van der Waals surface area contributed by atoms with Crippen LogP contribution in [0.5, 0.6) is 0 Å². The molecule has 4 rings (SSSR count). The first-order chi connectivity index (χ1) is 10.9. The molecule has 1 aliphatic heterocycles. The van der Waals surface area contributed by atoms with E-state index >= 15 is 0 Å². The van der Waals surface area contributed by atoms with Crippen LogP contribution in [0.4, 0.5) is 0 Å². The number of allylic oxidation sites excluding steroid dienone is 4.